The Morgan fingerprint density at radius 3 is 2.33 bits per heavy atom. The molecule has 1 aromatic carbocycles. The van der Waals surface area contributed by atoms with Gasteiger partial charge in [0.25, 0.3) is 0 Å². The van der Waals surface area contributed by atoms with Crippen LogP contribution < -0.4 is 0 Å². The lowest BCUT2D eigenvalue weighted by atomic mass is 10.1. The molecule has 1 heteroatoms. The van der Waals surface area contributed by atoms with Gasteiger partial charge < -0.3 is 0 Å². The molecule has 0 heterocycles. The zero-order valence-electron chi connectivity index (χ0n) is 6.90. The number of aliphatic imine (C=N–C) groups is 1. The number of allylic oxidation sites excluding steroid dienone is 1. The minimum Gasteiger partial charge on any atom is -0.257 e. The number of benzene rings is 1. The van der Waals surface area contributed by atoms with Crippen molar-refractivity contribution < 1.29 is 0 Å². The van der Waals surface area contributed by atoms with E-state index in [2.05, 4.69) is 18.2 Å². The molecule has 1 nitrogen and oxygen atoms in total. The standard InChI is InChI=1S/C11H11N/c1-3-11(12-4-2)10-8-6-5-7-9-10/h3-9H,1-2H2/b12-11+. The number of hydrogen-bond acceptors (Lipinski definition) is 1. The molecule has 0 N–H and O–H groups in total. The summed E-state index contributed by atoms with van der Waals surface area (Å²) in [5.41, 5.74) is 1.91. The van der Waals surface area contributed by atoms with Crippen molar-refractivity contribution in [2.75, 3.05) is 0 Å². The van der Waals surface area contributed by atoms with E-state index in [1.165, 1.54) is 6.20 Å². The van der Waals surface area contributed by atoms with Crippen LogP contribution >= 0.6 is 0 Å². The van der Waals surface area contributed by atoms with Crippen LogP contribution in [0.4, 0.5) is 0 Å². The largest absolute Gasteiger partial charge is 0.257 e. The van der Waals surface area contributed by atoms with Crippen molar-refractivity contribution in [3.8, 4) is 0 Å². The Morgan fingerprint density at radius 1 is 1.17 bits per heavy atom. The fourth-order valence-corrected chi connectivity index (χ4v) is 0.952. The first-order valence-corrected chi connectivity index (χ1v) is 3.75. The molecule has 0 aliphatic carbocycles. The first-order valence-electron chi connectivity index (χ1n) is 3.75. The fraction of sp³-hybridized carbons (Fsp3) is 0. The lowest BCUT2D eigenvalue weighted by molar-refractivity contribution is 1.55. The van der Waals surface area contributed by atoms with Crippen molar-refractivity contribution in [3.05, 3.63) is 61.3 Å². The molecule has 60 valence electrons. The van der Waals surface area contributed by atoms with E-state index in [4.69, 9.17) is 0 Å². The fourth-order valence-electron chi connectivity index (χ4n) is 0.952. The maximum Gasteiger partial charge on any atom is 0.0695 e. The molecule has 0 saturated carbocycles. The second kappa shape index (κ2) is 4.29. The molecule has 0 radical (unpaired) electrons. The molecule has 0 bridgehead atoms. The summed E-state index contributed by atoms with van der Waals surface area (Å²) in [5, 5.41) is 0. The van der Waals surface area contributed by atoms with Crippen LogP contribution in [-0.4, -0.2) is 5.71 Å². The molecular weight excluding hydrogens is 146 g/mol. The van der Waals surface area contributed by atoms with E-state index < -0.39 is 0 Å². The Balaban J connectivity index is 3.03. The molecule has 12 heavy (non-hydrogen) atoms. The van der Waals surface area contributed by atoms with Gasteiger partial charge >= 0.3 is 0 Å². The monoisotopic (exact) mass is 157 g/mol. The lowest BCUT2D eigenvalue weighted by Crippen LogP contribution is -1.93. The Hall–Kier alpha value is -1.63. The summed E-state index contributed by atoms with van der Waals surface area (Å²) in [7, 11) is 0. The lowest BCUT2D eigenvalue weighted by Gasteiger charge is -1.97. The highest BCUT2D eigenvalue weighted by Crippen LogP contribution is 2.01. The van der Waals surface area contributed by atoms with Crippen molar-refractivity contribution in [1.29, 1.82) is 0 Å². The topological polar surface area (TPSA) is 12.4 Å². The van der Waals surface area contributed by atoms with Crippen molar-refractivity contribution >= 4 is 5.71 Å². The SMILES string of the molecule is C=C/N=C(\C=C)c1ccccc1. The van der Waals surface area contributed by atoms with Crippen LogP contribution in [-0.2, 0) is 0 Å². The predicted molar refractivity (Wildman–Crippen MR) is 53.4 cm³/mol. The number of nitrogens with zero attached hydrogens (tertiary/aromatic N) is 1. The Morgan fingerprint density at radius 2 is 1.83 bits per heavy atom. The molecule has 0 atom stereocenters. The minimum absolute atomic E-state index is 0.852. The zero-order chi connectivity index (χ0) is 8.81. The van der Waals surface area contributed by atoms with E-state index in [1.807, 2.05) is 30.3 Å². The van der Waals surface area contributed by atoms with Gasteiger partial charge in [0.2, 0.25) is 0 Å². The Kier molecular flexibility index (Phi) is 3.03. The van der Waals surface area contributed by atoms with Crippen LogP contribution in [0, 0.1) is 0 Å². The van der Waals surface area contributed by atoms with Gasteiger partial charge in [-0.25, -0.2) is 0 Å². The summed E-state index contributed by atoms with van der Waals surface area (Å²) in [5.74, 6) is 0. The summed E-state index contributed by atoms with van der Waals surface area (Å²) >= 11 is 0. The van der Waals surface area contributed by atoms with E-state index in [1.54, 1.807) is 6.08 Å². The highest BCUT2D eigenvalue weighted by molar-refractivity contribution is 6.08. The molecule has 0 fully saturated rings. The first-order chi connectivity index (χ1) is 5.88. The molecule has 0 aliphatic rings. The normalized spacial score (nSPS) is 10.8. The smallest absolute Gasteiger partial charge is 0.0695 e. The molecule has 0 saturated heterocycles. The van der Waals surface area contributed by atoms with Gasteiger partial charge in [0.15, 0.2) is 0 Å². The molecular formula is C11H11N. The third kappa shape index (κ3) is 1.92. The van der Waals surface area contributed by atoms with E-state index >= 15 is 0 Å². The second-order valence-electron chi connectivity index (χ2n) is 2.27. The van der Waals surface area contributed by atoms with Crippen LogP contribution in [0.15, 0.2) is 60.8 Å². The highest BCUT2D eigenvalue weighted by Gasteiger charge is 1.94. The summed E-state index contributed by atoms with van der Waals surface area (Å²) in [4.78, 5) is 4.08. The van der Waals surface area contributed by atoms with Gasteiger partial charge in [0.1, 0.15) is 0 Å². The maximum atomic E-state index is 4.08. The van der Waals surface area contributed by atoms with Crippen molar-refractivity contribution in [3.63, 3.8) is 0 Å². The van der Waals surface area contributed by atoms with Crippen molar-refractivity contribution in [2.24, 2.45) is 4.99 Å². The highest BCUT2D eigenvalue weighted by atomic mass is 14.7. The summed E-state index contributed by atoms with van der Waals surface area (Å²) in [6.07, 6.45) is 3.24. The Bertz CT molecular complexity index is 296. The number of hydrogen-bond donors (Lipinski definition) is 0. The van der Waals surface area contributed by atoms with Crippen LogP contribution in [0.5, 0.6) is 0 Å². The summed E-state index contributed by atoms with van der Waals surface area (Å²) < 4.78 is 0. The van der Waals surface area contributed by atoms with E-state index in [9.17, 15) is 0 Å². The van der Waals surface area contributed by atoms with Crippen molar-refractivity contribution in [1.82, 2.24) is 0 Å². The second-order valence-corrected chi connectivity index (χ2v) is 2.27. The first kappa shape index (κ1) is 8.47. The average molecular weight is 157 g/mol. The van der Waals surface area contributed by atoms with Gasteiger partial charge in [0.05, 0.1) is 5.71 Å². The molecule has 0 aliphatic heterocycles. The van der Waals surface area contributed by atoms with E-state index in [-0.39, 0.29) is 0 Å². The quantitative estimate of drug-likeness (QED) is 0.598. The maximum absolute atomic E-state index is 4.08. The van der Waals surface area contributed by atoms with Gasteiger partial charge in [-0.15, -0.1) is 0 Å². The molecule has 0 amide bonds. The van der Waals surface area contributed by atoms with Crippen LogP contribution in [0.2, 0.25) is 0 Å². The van der Waals surface area contributed by atoms with Gasteiger partial charge in [-0.2, -0.15) is 0 Å². The van der Waals surface area contributed by atoms with Crippen LogP contribution in [0.3, 0.4) is 0 Å². The molecule has 0 spiro atoms. The molecule has 0 unspecified atom stereocenters. The van der Waals surface area contributed by atoms with Crippen LogP contribution in [0.25, 0.3) is 0 Å². The van der Waals surface area contributed by atoms with Gasteiger partial charge in [-0.1, -0.05) is 43.5 Å². The van der Waals surface area contributed by atoms with E-state index in [0.717, 1.165) is 11.3 Å². The van der Waals surface area contributed by atoms with Gasteiger partial charge in [0, 0.05) is 11.8 Å². The van der Waals surface area contributed by atoms with Gasteiger partial charge in [-0.05, 0) is 6.08 Å². The summed E-state index contributed by atoms with van der Waals surface area (Å²) in [6.45, 7) is 7.22. The molecule has 0 aromatic heterocycles. The predicted octanol–water partition coefficient (Wildman–Crippen LogP) is 2.81. The molecule has 1 aromatic rings. The molecule has 1 rings (SSSR count). The third-order valence-corrected chi connectivity index (χ3v) is 1.49. The zero-order valence-corrected chi connectivity index (χ0v) is 6.90. The van der Waals surface area contributed by atoms with Crippen LogP contribution in [0.1, 0.15) is 5.56 Å². The Labute approximate surface area is 72.8 Å². The third-order valence-electron chi connectivity index (χ3n) is 1.49. The minimum atomic E-state index is 0.852. The average Bonchev–Trinajstić information content (AvgIpc) is 2.15. The van der Waals surface area contributed by atoms with E-state index in [0.29, 0.717) is 0 Å². The summed E-state index contributed by atoms with van der Waals surface area (Å²) in [6, 6.07) is 9.89. The van der Waals surface area contributed by atoms with Gasteiger partial charge in [-0.3, -0.25) is 4.99 Å². The van der Waals surface area contributed by atoms with Crippen molar-refractivity contribution in [2.45, 2.75) is 0 Å². The number of rotatable bonds is 3.